The van der Waals surface area contributed by atoms with Gasteiger partial charge in [-0.05, 0) is 18.9 Å². The van der Waals surface area contributed by atoms with E-state index in [2.05, 4.69) is 29.2 Å². The average Bonchev–Trinajstić information content (AvgIpc) is 2.46. The molecule has 20 heavy (non-hydrogen) atoms. The molecule has 0 bridgehead atoms. The summed E-state index contributed by atoms with van der Waals surface area (Å²) in [6.45, 7) is 6.13. The molecule has 1 amide bonds. The van der Waals surface area contributed by atoms with Crippen molar-refractivity contribution in [1.82, 2.24) is 9.80 Å². The van der Waals surface area contributed by atoms with Crippen LogP contribution in [0.15, 0.2) is 30.3 Å². The minimum absolute atomic E-state index is 0.172. The van der Waals surface area contributed by atoms with Crippen molar-refractivity contribution in [3.05, 3.63) is 35.9 Å². The van der Waals surface area contributed by atoms with Gasteiger partial charge in [-0.1, -0.05) is 30.3 Å². The molecule has 1 fully saturated rings. The molecule has 4 heteroatoms. The van der Waals surface area contributed by atoms with Gasteiger partial charge in [-0.2, -0.15) is 0 Å². The van der Waals surface area contributed by atoms with Gasteiger partial charge in [-0.25, -0.2) is 0 Å². The molecule has 0 saturated carbocycles. The first kappa shape index (κ1) is 15.0. The molecule has 1 N–H and O–H groups in total. The van der Waals surface area contributed by atoms with E-state index in [1.165, 1.54) is 5.56 Å². The molecule has 0 radical (unpaired) electrons. The third-order valence-corrected chi connectivity index (χ3v) is 3.75. The Bertz CT molecular complexity index is 412. The van der Waals surface area contributed by atoms with Gasteiger partial charge in [0, 0.05) is 39.1 Å². The third kappa shape index (κ3) is 4.62. The fraction of sp³-hybridized carbons (Fsp3) is 0.562. The summed E-state index contributed by atoms with van der Waals surface area (Å²) >= 11 is 0. The lowest BCUT2D eigenvalue weighted by Gasteiger charge is -2.35. The number of carbonyl (C=O) groups is 1. The maximum absolute atomic E-state index is 12.0. The Labute approximate surface area is 121 Å². The van der Waals surface area contributed by atoms with Crippen molar-refractivity contribution in [2.75, 3.05) is 26.2 Å². The van der Waals surface area contributed by atoms with E-state index < -0.39 is 6.10 Å². The molecule has 1 aromatic rings. The molecule has 2 rings (SSSR count). The molecular formula is C16H24N2O2. The number of aliphatic hydroxyl groups is 1. The van der Waals surface area contributed by atoms with Crippen molar-refractivity contribution in [3.63, 3.8) is 0 Å². The van der Waals surface area contributed by atoms with Crippen molar-refractivity contribution >= 4 is 5.91 Å². The summed E-state index contributed by atoms with van der Waals surface area (Å²) in [5, 5.41) is 9.23. The highest BCUT2D eigenvalue weighted by molar-refractivity contribution is 5.76. The van der Waals surface area contributed by atoms with Gasteiger partial charge in [-0.3, -0.25) is 9.69 Å². The number of aliphatic hydroxyl groups excluding tert-OH is 1. The van der Waals surface area contributed by atoms with Gasteiger partial charge < -0.3 is 10.0 Å². The van der Waals surface area contributed by atoms with E-state index in [1.54, 1.807) is 6.92 Å². The topological polar surface area (TPSA) is 43.8 Å². The molecule has 0 aliphatic carbocycles. The Morgan fingerprint density at radius 2 is 1.85 bits per heavy atom. The van der Waals surface area contributed by atoms with E-state index in [1.807, 2.05) is 11.0 Å². The first-order valence-electron chi connectivity index (χ1n) is 7.37. The fourth-order valence-electron chi connectivity index (χ4n) is 2.49. The SMILES string of the molecule is CC(O)CCC(=O)N1CCN(Cc2ccccc2)CC1. The highest BCUT2D eigenvalue weighted by Gasteiger charge is 2.20. The molecule has 1 saturated heterocycles. The van der Waals surface area contributed by atoms with Gasteiger partial charge >= 0.3 is 0 Å². The molecule has 1 unspecified atom stereocenters. The van der Waals surface area contributed by atoms with Crippen LogP contribution >= 0.6 is 0 Å². The van der Waals surface area contributed by atoms with Crippen LogP contribution in [0.4, 0.5) is 0 Å². The number of hydrogen-bond acceptors (Lipinski definition) is 3. The monoisotopic (exact) mass is 276 g/mol. The Morgan fingerprint density at radius 3 is 2.45 bits per heavy atom. The van der Waals surface area contributed by atoms with Crippen LogP contribution in [-0.4, -0.2) is 53.1 Å². The zero-order chi connectivity index (χ0) is 14.4. The van der Waals surface area contributed by atoms with Crippen LogP contribution < -0.4 is 0 Å². The quantitative estimate of drug-likeness (QED) is 0.886. The molecule has 1 aliphatic heterocycles. The smallest absolute Gasteiger partial charge is 0.222 e. The van der Waals surface area contributed by atoms with Gasteiger partial charge in [0.05, 0.1) is 6.10 Å². The molecule has 1 atom stereocenters. The van der Waals surface area contributed by atoms with Gasteiger partial charge in [-0.15, -0.1) is 0 Å². The predicted octanol–water partition coefficient (Wildman–Crippen LogP) is 1.49. The van der Waals surface area contributed by atoms with E-state index >= 15 is 0 Å². The van der Waals surface area contributed by atoms with Crippen molar-refractivity contribution in [3.8, 4) is 0 Å². The molecular weight excluding hydrogens is 252 g/mol. The lowest BCUT2D eigenvalue weighted by Crippen LogP contribution is -2.48. The first-order valence-corrected chi connectivity index (χ1v) is 7.37. The second kappa shape index (κ2) is 7.41. The maximum atomic E-state index is 12.0. The minimum Gasteiger partial charge on any atom is -0.393 e. The first-order chi connectivity index (χ1) is 9.65. The van der Waals surface area contributed by atoms with Crippen LogP contribution in [-0.2, 0) is 11.3 Å². The van der Waals surface area contributed by atoms with Gasteiger partial charge in [0.25, 0.3) is 0 Å². The van der Waals surface area contributed by atoms with E-state index in [0.29, 0.717) is 12.8 Å². The van der Waals surface area contributed by atoms with E-state index in [4.69, 9.17) is 0 Å². The van der Waals surface area contributed by atoms with Gasteiger partial charge in [0.2, 0.25) is 5.91 Å². The molecule has 0 spiro atoms. The lowest BCUT2D eigenvalue weighted by molar-refractivity contribution is -0.133. The zero-order valence-corrected chi connectivity index (χ0v) is 12.2. The number of nitrogens with zero attached hydrogens (tertiary/aromatic N) is 2. The molecule has 0 aromatic heterocycles. The Hall–Kier alpha value is -1.39. The van der Waals surface area contributed by atoms with Crippen LogP contribution in [0.3, 0.4) is 0 Å². The summed E-state index contributed by atoms with van der Waals surface area (Å²) in [5.74, 6) is 0.172. The van der Waals surface area contributed by atoms with Crippen molar-refractivity contribution in [1.29, 1.82) is 0 Å². The average molecular weight is 276 g/mol. The number of carbonyl (C=O) groups excluding carboxylic acids is 1. The van der Waals surface area contributed by atoms with Crippen LogP contribution in [0, 0.1) is 0 Å². The van der Waals surface area contributed by atoms with E-state index in [9.17, 15) is 9.90 Å². The number of amides is 1. The summed E-state index contributed by atoms with van der Waals surface area (Å²) in [4.78, 5) is 16.3. The maximum Gasteiger partial charge on any atom is 0.222 e. The molecule has 1 aromatic carbocycles. The number of benzene rings is 1. The summed E-state index contributed by atoms with van der Waals surface area (Å²) in [6.07, 6.45) is 0.623. The summed E-state index contributed by atoms with van der Waals surface area (Å²) < 4.78 is 0. The molecule has 4 nitrogen and oxygen atoms in total. The lowest BCUT2D eigenvalue weighted by atomic mass is 10.1. The summed E-state index contributed by atoms with van der Waals surface area (Å²) in [6, 6.07) is 10.4. The van der Waals surface area contributed by atoms with E-state index in [0.717, 1.165) is 32.7 Å². The summed E-state index contributed by atoms with van der Waals surface area (Å²) in [5.41, 5.74) is 1.32. The molecule has 110 valence electrons. The van der Waals surface area contributed by atoms with Gasteiger partial charge in [0.1, 0.15) is 0 Å². The number of rotatable bonds is 5. The van der Waals surface area contributed by atoms with E-state index in [-0.39, 0.29) is 5.91 Å². The zero-order valence-electron chi connectivity index (χ0n) is 12.2. The largest absolute Gasteiger partial charge is 0.393 e. The number of hydrogen-bond donors (Lipinski definition) is 1. The highest BCUT2D eigenvalue weighted by atomic mass is 16.3. The molecule has 1 heterocycles. The van der Waals surface area contributed by atoms with Crippen LogP contribution in [0.2, 0.25) is 0 Å². The Kier molecular flexibility index (Phi) is 5.56. The van der Waals surface area contributed by atoms with Crippen molar-refractivity contribution in [2.24, 2.45) is 0 Å². The van der Waals surface area contributed by atoms with Crippen LogP contribution in [0.25, 0.3) is 0 Å². The normalized spacial score (nSPS) is 18.0. The number of piperazine rings is 1. The predicted molar refractivity (Wildman–Crippen MR) is 79.2 cm³/mol. The fourth-order valence-corrected chi connectivity index (χ4v) is 2.49. The van der Waals surface area contributed by atoms with Crippen LogP contribution in [0.5, 0.6) is 0 Å². The van der Waals surface area contributed by atoms with Gasteiger partial charge in [0.15, 0.2) is 0 Å². The minimum atomic E-state index is -0.390. The third-order valence-electron chi connectivity index (χ3n) is 3.75. The summed E-state index contributed by atoms with van der Waals surface area (Å²) in [7, 11) is 0. The second-order valence-corrected chi connectivity index (χ2v) is 5.53. The van der Waals surface area contributed by atoms with Crippen molar-refractivity contribution < 1.29 is 9.90 Å². The second-order valence-electron chi connectivity index (χ2n) is 5.53. The highest BCUT2D eigenvalue weighted by Crippen LogP contribution is 2.10. The Morgan fingerprint density at radius 1 is 1.20 bits per heavy atom. The van der Waals surface area contributed by atoms with Crippen molar-refractivity contribution in [2.45, 2.75) is 32.4 Å². The molecule has 1 aliphatic rings. The standard InChI is InChI=1S/C16H24N2O2/c1-14(19)7-8-16(20)18-11-9-17(10-12-18)13-15-5-3-2-4-6-15/h2-6,14,19H,7-13H2,1H3. The van der Waals surface area contributed by atoms with Crippen LogP contribution in [0.1, 0.15) is 25.3 Å². The Balaban J connectivity index is 1.73.